The van der Waals surface area contributed by atoms with E-state index in [-0.39, 0.29) is 0 Å². The largest absolute Gasteiger partial charge is 0.386 e. The third kappa shape index (κ3) is 0.632. The van der Waals surface area contributed by atoms with Crippen molar-refractivity contribution in [1.82, 2.24) is 5.32 Å². The van der Waals surface area contributed by atoms with E-state index in [2.05, 4.69) is 41.9 Å². The van der Waals surface area contributed by atoms with E-state index in [4.69, 9.17) is 0 Å². The Labute approximate surface area is 71.4 Å². The Kier molecular flexibility index (Phi) is 1.01. The molecule has 0 saturated carbocycles. The van der Waals surface area contributed by atoms with Crippen molar-refractivity contribution >= 4 is 11.6 Å². The lowest BCUT2D eigenvalue weighted by Crippen LogP contribution is -1.99. The molecule has 0 saturated heterocycles. The lowest BCUT2D eigenvalue weighted by molar-refractivity contribution is 1.01. The van der Waals surface area contributed by atoms with Gasteiger partial charge in [0.15, 0.2) is 0 Å². The van der Waals surface area contributed by atoms with E-state index in [0.717, 1.165) is 6.54 Å². The minimum absolute atomic E-state index is 0.990. The SMILES string of the molecule is C1=C2CNC=C2c2ccccc21. The molecule has 0 unspecified atom stereocenters. The summed E-state index contributed by atoms with van der Waals surface area (Å²) in [6, 6.07) is 8.53. The molecule has 3 rings (SSSR count). The van der Waals surface area contributed by atoms with Gasteiger partial charge in [0.2, 0.25) is 0 Å². The summed E-state index contributed by atoms with van der Waals surface area (Å²) in [6.07, 6.45) is 4.37. The molecule has 2 aliphatic rings. The van der Waals surface area contributed by atoms with Gasteiger partial charge in [0, 0.05) is 18.3 Å². The Balaban J connectivity index is 2.29. The molecule has 58 valence electrons. The standard InChI is InChI=1S/C11H9N/c1-2-4-10-8(3-1)5-9-6-12-7-11(9)10/h1-5,7,12H,6H2. The van der Waals surface area contributed by atoms with Gasteiger partial charge in [-0.15, -0.1) is 0 Å². The van der Waals surface area contributed by atoms with Crippen molar-refractivity contribution in [2.45, 2.75) is 0 Å². The number of fused-ring (bicyclic) bond motifs is 3. The first-order valence-electron chi connectivity index (χ1n) is 4.19. The zero-order valence-corrected chi connectivity index (χ0v) is 6.67. The van der Waals surface area contributed by atoms with Gasteiger partial charge in [0.25, 0.3) is 0 Å². The second-order valence-electron chi connectivity index (χ2n) is 3.20. The molecule has 1 N–H and O–H groups in total. The predicted molar refractivity (Wildman–Crippen MR) is 50.4 cm³/mol. The van der Waals surface area contributed by atoms with E-state index in [9.17, 15) is 0 Å². The van der Waals surface area contributed by atoms with E-state index >= 15 is 0 Å². The number of hydrogen-bond acceptors (Lipinski definition) is 1. The number of rotatable bonds is 0. The van der Waals surface area contributed by atoms with Gasteiger partial charge in [-0.3, -0.25) is 0 Å². The minimum Gasteiger partial charge on any atom is -0.386 e. The fourth-order valence-corrected chi connectivity index (χ4v) is 1.89. The average Bonchev–Trinajstić information content (AvgIpc) is 2.62. The van der Waals surface area contributed by atoms with Crippen LogP contribution < -0.4 is 5.32 Å². The molecule has 0 amide bonds. The predicted octanol–water partition coefficient (Wildman–Crippen LogP) is 2.03. The van der Waals surface area contributed by atoms with Gasteiger partial charge in [0.05, 0.1) is 0 Å². The molecule has 1 aliphatic carbocycles. The second kappa shape index (κ2) is 2.01. The molecule has 0 spiro atoms. The summed E-state index contributed by atoms with van der Waals surface area (Å²) in [5, 5.41) is 3.23. The first kappa shape index (κ1) is 6.06. The topological polar surface area (TPSA) is 12.0 Å². The zero-order valence-electron chi connectivity index (χ0n) is 6.67. The van der Waals surface area contributed by atoms with Crippen molar-refractivity contribution in [3.05, 3.63) is 47.2 Å². The van der Waals surface area contributed by atoms with Gasteiger partial charge in [-0.25, -0.2) is 0 Å². The summed E-state index contributed by atoms with van der Waals surface area (Å²) < 4.78 is 0. The monoisotopic (exact) mass is 155 g/mol. The van der Waals surface area contributed by atoms with Gasteiger partial charge in [0.1, 0.15) is 0 Å². The average molecular weight is 155 g/mol. The van der Waals surface area contributed by atoms with Crippen LogP contribution in [0, 0.1) is 0 Å². The first-order chi connectivity index (χ1) is 5.95. The second-order valence-corrected chi connectivity index (χ2v) is 3.20. The van der Waals surface area contributed by atoms with Crippen molar-refractivity contribution < 1.29 is 0 Å². The van der Waals surface area contributed by atoms with Gasteiger partial charge in [-0.2, -0.15) is 0 Å². The molecule has 1 aromatic rings. The van der Waals surface area contributed by atoms with E-state index in [1.54, 1.807) is 0 Å². The van der Waals surface area contributed by atoms with E-state index < -0.39 is 0 Å². The fourth-order valence-electron chi connectivity index (χ4n) is 1.89. The lowest BCUT2D eigenvalue weighted by atomic mass is 10.1. The molecule has 0 aromatic heterocycles. The Bertz CT molecular complexity index is 399. The van der Waals surface area contributed by atoms with Crippen molar-refractivity contribution in [2.24, 2.45) is 0 Å². The quantitative estimate of drug-likeness (QED) is 0.604. The van der Waals surface area contributed by atoms with Crippen molar-refractivity contribution in [2.75, 3.05) is 6.54 Å². The van der Waals surface area contributed by atoms with Gasteiger partial charge in [-0.1, -0.05) is 24.3 Å². The molecule has 1 heteroatoms. The molecule has 0 atom stereocenters. The number of nitrogens with one attached hydrogen (secondary N) is 1. The minimum atomic E-state index is 0.990. The van der Waals surface area contributed by atoms with Gasteiger partial charge in [-0.05, 0) is 22.8 Å². The van der Waals surface area contributed by atoms with Crippen LogP contribution in [-0.2, 0) is 0 Å². The summed E-state index contributed by atoms with van der Waals surface area (Å²) in [4.78, 5) is 0. The zero-order chi connectivity index (χ0) is 7.97. The molecule has 1 heterocycles. The van der Waals surface area contributed by atoms with Crippen LogP contribution in [0.15, 0.2) is 36.0 Å². The molecule has 1 aliphatic heterocycles. The first-order valence-corrected chi connectivity index (χ1v) is 4.19. The van der Waals surface area contributed by atoms with E-state index in [1.165, 1.54) is 22.3 Å². The highest BCUT2D eigenvalue weighted by Gasteiger charge is 2.20. The molecular formula is C11H9N. The smallest absolute Gasteiger partial charge is 0.0402 e. The maximum atomic E-state index is 3.23. The van der Waals surface area contributed by atoms with Crippen LogP contribution in [0.5, 0.6) is 0 Å². The third-order valence-electron chi connectivity index (χ3n) is 2.47. The van der Waals surface area contributed by atoms with Crippen molar-refractivity contribution in [3.8, 4) is 0 Å². The van der Waals surface area contributed by atoms with Crippen LogP contribution in [0.1, 0.15) is 11.1 Å². The third-order valence-corrected chi connectivity index (χ3v) is 2.47. The lowest BCUT2D eigenvalue weighted by Gasteiger charge is -1.97. The summed E-state index contributed by atoms with van der Waals surface area (Å²) in [6.45, 7) is 0.990. The van der Waals surface area contributed by atoms with Gasteiger partial charge < -0.3 is 5.32 Å². The molecule has 0 fully saturated rings. The van der Waals surface area contributed by atoms with Crippen LogP contribution in [0.25, 0.3) is 11.6 Å². The maximum Gasteiger partial charge on any atom is 0.0402 e. The molecule has 1 nitrogen and oxygen atoms in total. The van der Waals surface area contributed by atoms with Crippen molar-refractivity contribution in [3.63, 3.8) is 0 Å². The van der Waals surface area contributed by atoms with Crippen LogP contribution >= 0.6 is 0 Å². The Morgan fingerprint density at radius 1 is 1.17 bits per heavy atom. The van der Waals surface area contributed by atoms with Crippen LogP contribution in [-0.4, -0.2) is 6.54 Å². The van der Waals surface area contributed by atoms with Crippen LogP contribution in [0.2, 0.25) is 0 Å². The molecule has 0 bridgehead atoms. The number of hydrogen-bond donors (Lipinski definition) is 1. The molecule has 1 aromatic carbocycles. The summed E-state index contributed by atoms with van der Waals surface area (Å²) in [5.74, 6) is 0. The number of benzene rings is 1. The highest BCUT2D eigenvalue weighted by molar-refractivity contribution is 5.96. The Morgan fingerprint density at radius 3 is 3.08 bits per heavy atom. The van der Waals surface area contributed by atoms with Gasteiger partial charge >= 0.3 is 0 Å². The Hall–Kier alpha value is -1.50. The fraction of sp³-hybridized carbons (Fsp3) is 0.0909. The van der Waals surface area contributed by atoms with Crippen LogP contribution in [0.4, 0.5) is 0 Å². The highest BCUT2D eigenvalue weighted by atomic mass is 14.9. The van der Waals surface area contributed by atoms with E-state index in [0.29, 0.717) is 0 Å². The normalized spacial score (nSPS) is 17.7. The molecule has 12 heavy (non-hydrogen) atoms. The maximum absolute atomic E-state index is 3.23. The molecule has 0 radical (unpaired) electrons. The summed E-state index contributed by atoms with van der Waals surface area (Å²) in [7, 11) is 0. The molecular weight excluding hydrogens is 146 g/mol. The summed E-state index contributed by atoms with van der Waals surface area (Å²) >= 11 is 0. The van der Waals surface area contributed by atoms with Crippen LogP contribution in [0.3, 0.4) is 0 Å². The van der Waals surface area contributed by atoms with Crippen molar-refractivity contribution in [1.29, 1.82) is 0 Å². The van der Waals surface area contributed by atoms with E-state index in [1.807, 2.05) is 0 Å². The highest BCUT2D eigenvalue weighted by Crippen LogP contribution is 2.36. The summed E-state index contributed by atoms with van der Waals surface area (Å²) in [5.41, 5.74) is 5.54. The Morgan fingerprint density at radius 2 is 2.08 bits per heavy atom.